The van der Waals surface area contributed by atoms with Gasteiger partial charge in [0.25, 0.3) is 0 Å². The zero-order chi connectivity index (χ0) is 30.7. The highest BCUT2D eigenvalue weighted by atomic mass is 31.2. The highest BCUT2D eigenvalue weighted by Crippen LogP contribution is 2.45. The summed E-state index contributed by atoms with van der Waals surface area (Å²) in [5.41, 5.74) is 6.26. The molecule has 0 spiro atoms. The van der Waals surface area contributed by atoms with E-state index in [1.165, 1.54) is 0 Å². The lowest BCUT2D eigenvalue weighted by molar-refractivity contribution is 0.592. The summed E-state index contributed by atoms with van der Waals surface area (Å²) in [5, 5.41) is 6.69. The van der Waals surface area contributed by atoms with Gasteiger partial charge in [-0.1, -0.05) is 127 Å². The van der Waals surface area contributed by atoms with Gasteiger partial charge in [-0.15, -0.1) is 0 Å². The zero-order valence-electron chi connectivity index (χ0n) is 24.7. The van der Waals surface area contributed by atoms with Crippen molar-refractivity contribution < 1.29 is 8.98 Å². The molecule has 0 aliphatic heterocycles. The van der Waals surface area contributed by atoms with Crippen LogP contribution in [0.2, 0.25) is 0 Å². The zero-order valence-corrected chi connectivity index (χ0v) is 25.6. The summed E-state index contributed by atoms with van der Waals surface area (Å²) in [6.45, 7) is 0. The first-order chi connectivity index (χ1) is 22.7. The maximum absolute atomic E-state index is 15.0. The van der Waals surface area contributed by atoms with Gasteiger partial charge < -0.3 is 8.98 Å². The molecule has 0 N–H and O–H groups in total. The van der Waals surface area contributed by atoms with Crippen LogP contribution in [0.25, 0.3) is 60.8 Å². The number of aromatic nitrogens is 2. The summed E-state index contributed by atoms with van der Waals surface area (Å²) in [4.78, 5) is 5.09. The molecular formula is C41H27N2O2P. The molecule has 3 heterocycles. The van der Waals surface area contributed by atoms with Crippen LogP contribution in [0.3, 0.4) is 0 Å². The lowest BCUT2D eigenvalue weighted by Crippen LogP contribution is -2.24. The smallest absolute Gasteiger partial charge is 0.213 e. The van der Waals surface area contributed by atoms with Crippen molar-refractivity contribution >= 4 is 66.9 Å². The molecule has 9 aromatic rings. The molecule has 9 rings (SSSR count). The Bertz CT molecular complexity index is 2540. The number of pyridine rings is 1. The third-order valence-corrected chi connectivity index (χ3v) is 12.0. The maximum atomic E-state index is 15.0. The van der Waals surface area contributed by atoms with Crippen LogP contribution in [0.15, 0.2) is 168 Å². The Hall–Kier alpha value is -5.70. The van der Waals surface area contributed by atoms with E-state index < -0.39 is 7.14 Å². The molecule has 0 fully saturated rings. The molecule has 0 amide bonds. The Morgan fingerprint density at radius 3 is 1.74 bits per heavy atom. The first kappa shape index (κ1) is 26.7. The molecule has 46 heavy (non-hydrogen) atoms. The first-order valence-corrected chi connectivity index (χ1v) is 17.0. The van der Waals surface area contributed by atoms with Crippen molar-refractivity contribution in [2.75, 3.05) is 0 Å². The highest BCUT2D eigenvalue weighted by Gasteiger charge is 2.30. The lowest BCUT2D eigenvalue weighted by atomic mass is 10.0. The minimum absolute atomic E-state index is 0.758. The second-order valence-electron chi connectivity index (χ2n) is 11.5. The minimum Gasteiger partial charge on any atom is -0.437 e. The number of nitrogens with zero attached hydrogens (tertiary/aromatic N) is 2. The van der Waals surface area contributed by atoms with Crippen LogP contribution >= 0.6 is 7.14 Å². The largest absolute Gasteiger partial charge is 0.437 e. The van der Waals surface area contributed by atoms with Crippen LogP contribution in [0.4, 0.5) is 0 Å². The topological polar surface area (TPSA) is 48.0 Å². The number of fused-ring (bicyclic) bond motifs is 7. The molecule has 0 atom stereocenters. The predicted molar refractivity (Wildman–Crippen MR) is 191 cm³/mol. The Kier molecular flexibility index (Phi) is 6.06. The van der Waals surface area contributed by atoms with E-state index in [0.29, 0.717) is 0 Å². The van der Waals surface area contributed by atoms with Crippen molar-refractivity contribution in [2.24, 2.45) is 0 Å². The Balaban J connectivity index is 1.31. The van der Waals surface area contributed by atoms with Gasteiger partial charge in [-0.05, 0) is 36.4 Å². The van der Waals surface area contributed by atoms with Crippen molar-refractivity contribution in [3.63, 3.8) is 0 Å². The number of rotatable bonds is 5. The Morgan fingerprint density at radius 2 is 1.07 bits per heavy atom. The molecule has 0 aliphatic carbocycles. The van der Waals surface area contributed by atoms with Crippen LogP contribution in [0.1, 0.15) is 0 Å². The molecule has 4 nitrogen and oxygen atoms in total. The lowest BCUT2D eigenvalue weighted by Gasteiger charge is -2.20. The van der Waals surface area contributed by atoms with Gasteiger partial charge in [-0.3, -0.25) is 4.57 Å². The molecule has 0 saturated heterocycles. The van der Waals surface area contributed by atoms with Crippen LogP contribution in [-0.4, -0.2) is 9.55 Å². The third kappa shape index (κ3) is 3.94. The molecule has 0 aliphatic rings. The van der Waals surface area contributed by atoms with Gasteiger partial charge in [0, 0.05) is 43.3 Å². The standard InChI is InChI=1S/C41H27N2O2P/c44-46(30-16-6-2-7-17-30,31-18-8-3-9-19-31)32-26-24-29(25-27-32)43-36-23-13-11-21-34(36)38-37-33-20-10-12-22-35(33)42-39(40(37)45-41(38)43)28-14-4-1-5-15-28/h1-27H. The van der Waals surface area contributed by atoms with E-state index in [4.69, 9.17) is 9.40 Å². The Labute approximate surface area is 265 Å². The third-order valence-electron chi connectivity index (χ3n) is 8.89. The molecule has 0 bridgehead atoms. The van der Waals surface area contributed by atoms with E-state index in [2.05, 4.69) is 71.3 Å². The number of para-hydroxylation sites is 2. The minimum atomic E-state index is -3.10. The summed E-state index contributed by atoms with van der Waals surface area (Å²) in [6.07, 6.45) is 0. The van der Waals surface area contributed by atoms with Crippen LogP contribution in [0, 0.1) is 0 Å². The van der Waals surface area contributed by atoms with Gasteiger partial charge >= 0.3 is 0 Å². The van der Waals surface area contributed by atoms with E-state index in [9.17, 15) is 0 Å². The molecular weight excluding hydrogens is 583 g/mol. The van der Waals surface area contributed by atoms with E-state index in [1.54, 1.807) is 0 Å². The predicted octanol–water partition coefficient (Wildman–Crippen LogP) is 9.38. The molecule has 3 aromatic heterocycles. The van der Waals surface area contributed by atoms with E-state index in [0.717, 1.165) is 76.7 Å². The van der Waals surface area contributed by atoms with E-state index in [1.807, 2.05) is 97.1 Å². The summed E-state index contributed by atoms with van der Waals surface area (Å²) in [6, 6.07) is 54.6. The second kappa shape index (κ2) is 10.4. The fourth-order valence-corrected chi connectivity index (χ4v) is 9.42. The average molecular weight is 611 g/mol. The molecule has 5 heteroatoms. The molecule has 218 valence electrons. The van der Waals surface area contributed by atoms with Crippen molar-refractivity contribution in [2.45, 2.75) is 0 Å². The number of hydrogen-bond acceptors (Lipinski definition) is 3. The fourth-order valence-electron chi connectivity index (χ4n) is 6.78. The second-order valence-corrected chi connectivity index (χ2v) is 14.2. The van der Waals surface area contributed by atoms with E-state index >= 15 is 4.57 Å². The van der Waals surface area contributed by atoms with Crippen LogP contribution < -0.4 is 15.9 Å². The number of furan rings is 1. The van der Waals surface area contributed by atoms with Gasteiger partial charge in [0.1, 0.15) is 5.69 Å². The van der Waals surface area contributed by atoms with Crippen LogP contribution in [0.5, 0.6) is 0 Å². The summed E-state index contributed by atoms with van der Waals surface area (Å²) in [5.74, 6) is 0. The molecule has 0 radical (unpaired) electrons. The van der Waals surface area contributed by atoms with Crippen molar-refractivity contribution in [1.29, 1.82) is 0 Å². The number of benzene rings is 6. The highest BCUT2D eigenvalue weighted by molar-refractivity contribution is 7.85. The van der Waals surface area contributed by atoms with Crippen molar-refractivity contribution in [1.82, 2.24) is 9.55 Å². The number of hydrogen-bond donors (Lipinski definition) is 0. The summed E-state index contributed by atoms with van der Waals surface area (Å²) >= 11 is 0. The maximum Gasteiger partial charge on any atom is 0.213 e. The quantitative estimate of drug-likeness (QED) is 0.183. The molecule has 0 saturated carbocycles. The SMILES string of the molecule is O=P(c1ccccc1)(c1ccccc1)c1ccc(-n2c3ccccc3c3c4c(oc32)c(-c2ccccc2)nc2ccccc24)cc1. The monoisotopic (exact) mass is 610 g/mol. The average Bonchev–Trinajstić information content (AvgIpc) is 3.67. The molecule has 6 aromatic carbocycles. The van der Waals surface area contributed by atoms with Crippen LogP contribution in [-0.2, 0) is 4.57 Å². The Morgan fingerprint density at radius 1 is 0.522 bits per heavy atom. The molecule has 0 unspecified atom stereocenters. The van der Waals surface area contributed by atoms with Gasteiger partial charge in [-0.25, -0.2) is 4.98 Å². The summed E-state index contributed by atoms with van der Waals surface area (Å²) < 4.78 is 24.1. The fraction of sp³-hybridized carbons (Fsp3) is 0. The van der Waals surface area contributed by atoms with Gasteiger partial charge in [-0.2, -0.15) is 0 Å². The normalized spacial score (nSPS) is 12.0. The van der Waals surface area contributed by atoms with Crippen molar-refractivity contribution in [3.8, 4) is 16.9 Å². The van der Waals surface area contributed by atoms with Gasteiger partial charge in [0.15, 0.2) is 12.7 Å². The van der Waals surface area contributed by atoms with Gasteiger partial charge in [0.05, 0.1) is 16.4 Å². The van der Waals surface area contributed by atoms with Crippen molar-refractivity contribution in [3.05, 3.63) is 164 Å². The van der Waals surface area contributed by atoms with E-state index in [-0.39, 0.29) is 0 Å². The summed E-state index contributed by atoms with van der Waals surface area (Å²) in [7, 11) is -3.10. The first-order valence-electron chi connectivity index (χ1n) is 15.3. The van der Waals surface area contributed by atoms with Gasteiger partial charge in [0.2, 0.25) is 5.71 Å².